The van der Waals surface area contributed by atoms with E-state index in [0.29, 0.717) is 16.5 Å². The topological polar surface area (TPSA) is 58.6 Å². The number of hydrogen-bond acceptors (Lipinski definition) is 3. The smallest absolute Gasteiger partial charge is 0.261 e. The van der Waals surface area contributed by atoms with Gasteiger partial charge >= 0.3 is 0 Å². The van der Waals surface area contributed by atoms with Gasteiger partial charge < -0.3 is 15.0 Å². The number of fused-ring (bicyclic) bond motifs is 2. The minimum Gasteiger partial charge on any atom is -0.484 e. The van der Waals surface area contributed by atoms with Crippen molar-refractivity contribution in [2.24, 2.45) is 0 Å². The fourth-order valence-electron chi connectivity index (χ4n) is 4.19. The van der Waals surface area contributed by atoms with Crippen molar-refractivity contribution < 1.29 is 14.3 Å². The van der Waals surface area contributed by atoms with E-state index in [9.17, 15) is 9.59 Å². The van der Waals surface area contributed by atoms with Crippen LogP contribution in [0, 0.1) is 0 Å². The maximum atomic E-state index is 13.4. The normalized spacial score (nSPS) is 15.5. The predicted molar refractivity (Wildman–Crippen MR) is 130 cm³/mol. The standard InChI is InChI=1S/C27H21ClN2O3/c28-21-11-13-24-23(15-21)27(19-7-2-1-3-8-19)30(16-25(31)29-24)26(32)17-33-22-12-10-18-6-4-5-9-20(18)14-22/h1-15,27H,16-17H2,(H,29,31). The zero-order valence-corrected chi connectivity index (χ0v) is 18.5. The number of halogens is 1. The number of rotatable bonds is 4. The first-order valence-electron chi connectivity index (χ1n) is 10.6. The second-order valence-corrected chi connectivity index (χ2v) is 8.35. The van der Waals surface area contributed by atoms with Gasteiger partial charge in [-0.1, -0.05) is 72.3 Å². The Morgan fingerprint density at radius 3 is 2.52 bits per heavy atom. The molecule has 0 saturated heterocycles. The minimum absolute atomic E-state index is 0.0915. The summed E-state index contributed by atoms with van der Waals surface area (Å²) >= 11 is 6.29. The lowest BCUT2D eigenvalue weighted by atomic mass is 9.96. The summed E-state index contributed by atoms with van der Waals surface area (Å²) in [5.41, 5.74) is 2.29. The third-order valence-corrected chi connectivity index (χ3v) is 5.96. The van der Waals surface area contributed by atoms with Crippen molar-refractivity contribution in [3.63, 3.8) is 0 Å². The molecule has 5 rings (SSSR count). The summed E-state index contributed by atoms with van der Waals surface area (Å²) < 4.78 is 5.85. The largest absolute Gasteiger partial charge is 0.484 e. The lowest BCUT2D eigenvalue weighted by Crippen LogP contribution is -2.41. The van der Waals surface area contributed by atoms with Crippen LogP contribution in [0.15, 0.2) is 91.0 Å². The third-order valence-electron chi connectivity index (χ3n) is 5.73. The van der Waals surface area contributed by atoms with E-state index < -0.39 is 6.04 Å². The van der Waals surface area contributed by atoms with Gasteiger partial charge in [-0.3, -0.25) is 9.59 Å². The number of benzene rings is 4. The van der Waals surface area contributed by atoms with Crippen molar-refractivity contribution >= 4 is 39.9 Å². The number of amides is 2. The van der Waals surface area contributed by atoms with E-state index in [2.05, 4.69) is 5.32 Å². The number of anilines is 1. The van der Waals surface area contributed by atoms with Gasteiger partial charge in [0.15, 0.2) is 6.61 Å². The van der Waals surface area contributed by atoms with E-state index in [0.717, 1.165) is 21.9 Å². The molecule has 1 aliphatic heterocycles. The Labute approximate surface area is 196 Å². The lowest BCUT2D eigenvalue weighted by Gasteiger charge is -2.30. The highest BCUT2D eigenvalue weighted by Gasteiger charge is 2.33. The van der Waals surface area contributed by atoms with E-state index >= 15 is 0 Å². The van der Waals surface area contributed by atoms with E-state index in [4.69, 9.17) is 16.3 Å². The maximum Gasteiger partial charge on any atom is 0.261 e. The molecule has 164 valence electrons. The summed E-state index contributed by atoms with van der Waals surface area (Å²) in [5.74, 6) is 0.0390. The van der Waals surface area contributed by atoms with E-state index in [1.54, 1.807) is 23.1 Å². The highest BCUT2D eigenvalue weighted by Crippen LogP contribution is 2.37. The summed E-state index contributed by atoms with van der Waals surface area (Å²) in [6, 6.07) is 28.1. The average Bonchev–Trinajstić information content (AvgIpc) is 2.98. The molecular formula is C27H21ClN2O3. The molecule has 4 aromatic rings. The molecule has 1 atom stereocenters. The van der Waals surface area contributed by atoms with Gasteiger partial charge in [0.2, 0.25) is 5.91 Å². The molecule has 1 unspecified atom stereocenters. The highest BCUT2D eigenvalue weighted by atomic mass is 35.5. The Kier molecular flexibility index (Phi) is 5.71. The van der Waals surface area contributed by atoms with Gasteiger partial charge in [0.25, 0.3) is 5.91 Å². The fourth-order valence-corrected chi connectivity index (χ4v) is 4.37. The van der Waals surface area contributed by atoms with Gasteiger partial charge in [-0.05, 0) is 46.7 Å². The van der Waals surface area contributed by atoms with Gasteiger partial charge in [-0.15, -0.1) is 0 Å². The second-order valence-electron chi connectivity index (χ2n) is 7.91. The summed E-state index contributed by atoms with van der Waals surface area (Å²) in [5, 5.41) is 5.55. The number of carbonyl (C=O) groups is 2. The van der Waals surface area contributed by atoms with Crippen molar-refractivity contribution in [3.05, 3.63) is 107 Å². The molecule has 0 aromatic heterocycles. The van der Waals surface area contributed by atoms with Crippen molar-refractivity contribution in [2.75, 3.05) is 18.5 Å². The van der Waals surface area contributed by atoms with Crippen LogP contribution in [0.5, 0.6) is 5.75 Å². The van der Waals surface area contributed by atoms with Crippen LogP contribution in [0.4, 0.5) is 5.69 Å². The first-order chi connectivity index (χ1) is 16.1. The van der Waals surface area contributed by atoms with E-state index in [1.807, 2.05) is 72.8 Å². The molecule has 0 bridgehead atoms. The number of hydrogen-bond donors (Lipinski definition) is 1. The van der Waals surface area contributed by atoms with Crippen molar-refractivity contribution in [2.45, 2.75) is 6.04 Å². The molecule has 0 radical (unpaired) electrons. The van der Waals surface area contributed by atoms with Gasteiger partial charge in [0.05, 0.1) is 6.04 Å². The van der Waals surface area contributed by atoms with Crippen LogP contribution in [-0.2, 0) is 9.59 Å². The van der Waals surface area contributed by atoms with Gasteiger partial charge in [-0.2, -0.15) is 0 Å². The van der Waals surface area contributed by atoms with E-state index in [-0.39, 0.29) is 25.0 Å². The Morgan fingerprint density at radius 1 is 0.939 bits per heavy atom. The van der Waals surface area contributed by atoms with Gasteiger partial charge in [0.1, 0.15) is 12.3 Å². The summed E-state index contributed by atoms with van der Waals surface area (Å²) in [6.07, 6.45) is 0. The predicted octanol–water partition coefficient (Wildman–Crippen LogP) is 5.44. The molecule has 4 aromatic carbocycles. The zero-order chi connectivity index (χ0) is 22.8. The molecule has 0 fully saturated rings. The summed E-state index contributed by atoms with van der Waals surface area (Å²) in [6.45, 7) is -0.281. The van der Waals surface area contributed by atoms with Crippen LogP contribution < -0.4 is 10.1 Å². The molecule has 0 saturated carbocycles. The first-order valence-corrected chi connectivity index (χ1v) is 11.0. The summed E-state index contributed by atoms with van der Waals surface area (Å²) in [4.78, 5) is 27.6. The Bertz CT molecular complexity index is 1340. The van der Waals surface area contributed by atoms with Crippen LogP contribution >= 0.6 is 11.6 Å². The quantitative estimate of drug-likeness (QED) is 0.444. The van der Waals surface area contributed by atoms with Crippen LogP contribution in [0.1, 0.15) is 17.2 Å². The highest BCUT2D eigenvalue weighted by molar-refractivity contribution is 6.30. The van der Waals surface area contributed by atoms with Crippen LogP contribution in [0.3, 0.4) is 0 Å². The zero-order valence-electron chi connectivity index (χ0n) is 17.7. The minimum atomic E-state index is -0.480. The van der Waals surface area contributed by atoms with Crippen molar-refractivity contribution in [1.29, 1.82) is 0 Å². The molecule has 33 heavy (non-hydrogen) atoms. The van der Waals surface area contributed by atoms with Crippen molar-refractivity contribution in [1.82, 2.24) is 4.90 Å². The van der Waals surface area contributed by atoms with Gasteiger partial charge in [-0.25, -0.2) is 0 Å². The Hall–Kier alpha value is -3.83. The van der Waals surface area contributed by atoms with Crippen LogP contribution in [0.25, 0.3) is 10.8 Å². The SMILES string of the molecule is O=C1CN(C(=O)COc2ccc3ccccc3c2)C(c2ccccc2)c2cc(Cl)ccc2N1. The molecular weight excluding hydrogens is 436 g/mol. The first kappa shape index (κ1) is 21.0. The second kappa shape index (κ2) is 8.96. The fraction of sp³-hybridized carbons (Fsp3) is 0.111. The molecule has 0 aliphatic carbocycles. The molecule has 1 N–H and O–H groups in total. The Balaban J connectivity index is 1.47. The Morgan fingerprint density at radius 2 is 1.70 bits per heavy atom. The number of ether oxygens (including phenoxy) is 1. The molecule has 1 aliphatic rings. The van der Waals surface area contributed by atoms with E-state index in [1.165, 1.54) is 0 Å². The molecule has 1 heterocycles. The maximum absolute atomic E-state index is 13.4. The average molecular weight is 457 g/mol. The number of nitrogens with zero attached hydrogens (tertiary/aromatic N) is 1. The summed E-state index contributed by atoms with van der Waals surface area (Å²) in [7, 11) is 0. The molecule has 6 heteroatoms. The van der Waals surface area contributed by atoms with Crippen LogP contribution in [0.2, 0.25) is 5.02 Å². The number of nitrogens with one attached hydrogen (secondary N) is 1. The number of carbonyl (C=O) groups excluding carboxylic acids is 2. The van der Waals surface area contributed by atoms with Crippen LogP contribution in [-0.4, -0.2) is 29.9 Å². The third kappa shape index (κ3) is 4.41. The molecule has 0 spiro atoms. The molecule has 5 nitrogen and oxygen atoms in total. The van der Waals surface area contributed by atoms with Gasteiger partial charge in [0, 0.05) is 16.3 Å². The van der Waals surface area contributed by atoms with Crippen molar-refractivity contribution in [3.8, 4) is 5.75 Å². The lowest BCUT2D eigenvalue weighted by molar-refractivity contribution is -0.138. The monoisotopic (exact) mass is 456 g/mol. The molecule has 2 amide bonds.